The number of carbonyl (C=O) groups is 2. The molecule has 0 fully saturated rings. The zero-order valence-electron chi connectivity index (χ0n) is 14.4. The number of amides is 2. The van der Waals surface area contributed by atoms with Crippen LogP contribution in [0.4, 0.5) is 10.1 Å². The summed E-state index contributed by atoms with van der Waals surface area (Å²) in [7, 11) is 0. The lowest BCUT2D eigenvalue weighted by Gasteiger charge is -2.27. The molecule has 1 unspecified atom stereocenters. The van der Waals surface area contributed by atoms with Crippen LogP contribution in [-0.4, -0.2) is 29.3 Å². The maximum Gasteiger partial charge on any atom is 0.246 e. The minimum Gasteiger partial charge on any atom is -0.329 e. The Bertz CT molecular complexity index is 789. The van der Waals surface area contributed by atoms with Gasteiger partial charge >= 0.3 is 0 Å². The van der Waals surface area contributed by atoms with Crippen molar-refractivity contribution in [3.8, 4) is 0 Å². The molecule has 25 heavy (non-hydrogen) atoms. The Balaban J connectivity index is 1.75. The summed E-state index contributed by atoms with van der Waals surface area (Å²) >= 11 is 0. The second-order valence-electron chi connectivity index (χ2n) is 6.45. The van der Waals surface area contributed by atoms with Gasteiger partial charge in [0.15, 0.2) is 0 Å². The highest BCUT2D eigenvalue weighted by molar-refractivity contribution is 5.98. The van der Waals surface area contributed by atoms with Gasteiger partial charge in [0, 0.05) is 25.2 Å². The molecule has 0 aromatic heterocycles. The number of hydrogen-bond acceptors (Lipinski definition) is 2. The highest BCUT2D eigenvalue weighted by atomic mass is 19.1. The van der Waals surface area contributed by atoms with Crippen LogP contribution >= 0.6 is 0 Å². The molecule has 5 heteroatoms. The second-order valence-corrected chi connectivity index (χ2v) is 6.45. The van der Waals surface area contributed by atoms with Gasteiger partial charge in [0.25, 0.3) is 0 Å². The number of hydrogen-bond donors (Lipinski definition) is 0. The van der Waals surface area contributed by atoms with Gasteiger partial charge in [-0.05, 0) is 42.7 Å². The van der Waals surface area contributed by atoms with Gasteiger partial charge in [-0.3, -0.25) is 9.59 Å². The van der Waals surface area contributed by atoms with E-state index in [0.29, 0.717) is 0 Å². The van der Waals surface area contributed by atoms with Gasteiger partial charge < -0.3 is 9.80 Å². The summed E-state index contributed by atoms with van der Waals surface area (Å²) in [6.45, 7) is 3.74. The third-order valence-corrected chi connectivity index (χ3v) is 4.53. The molecule has 2 aromatic carbocycles. The van der Waals surface area contributed by atoms with E-state index in [-0.39, 0.29) is 36.8 Å². The van der Waals surface area contributed by atoms with E-state index >= 15 is 0 Å². The molecule has 2 aromatic rings. The predicted octanol–water partition coefficient (Wildman–Crippen LogP) is 3.15. The van der Waals surface area contributed by atoms with Crippen LogP contribution in [-0.2, 0) is 22.6 Å². The number of anilines is 1. The number of nitrogens with zero attached hydrogens (tertiary/aromatic N) is 2. The van der Waals surface area contributed by atoms with E-state index in [2.05, 4.69) is 0 Å². The van der Waals surface area contributed by atoms with E-state index < -0.39 is 0 Å². The molecule has 0 N–H and O–H groups in total. The number of para-hydroxylation sites is 1. The molecule has 1 aliphatic heterocycles. The lowest BCUT2D eigenvalue weighted by molar-refractivity contribution is -0.134. The molecular weight excluding hydrogens is 319 g/mol. The Morgan fingerprint density at radius 3 is 2.52 bits per heavy atom. The lowest BCUT2D eigenvalue weighted by atomic mass is 10.1. The molecule has 3 rings (SSSR count). The highest BCUT2D eigenvalue weighted by Crippen LogP contribution is 2.31. The van der Waals surface area contributed by atoms with Crippen molar-refractivity contribution in [1.82, 2.24) is 4.90 Å². The van der Waals surface area contributed by atoms with Crippen LogP contribution in [0, 0.1) is 5.82 Å². The first-order chi connectivity index (χ1) is 12.0. The Morgan fingerprint density at radius 1 is 1.16 bits per heavy atom. The van der Waals surface area contributed by atoms with E-state index in [0.717, 1.165) is 23.2 Å². The number of fused-ring (bicyclic) bond motifs is 1. The van der Waals surface area contributed by atoms with Crippen LogP contribution in [0.5, 0.6) is 0 Å². The SMILES string of the molecule is CC(=O)N(CC(=O)N1c2ccccc2CC1C)Cc1ccc(F)cc1. The van der Waals surface area contributed by atoms with Crippen molar-refractivity contribution in [1.29, 1.82) is 0 Å². The molecule has 1 heterocycles. The number of benzene rings is 2. The van der Waals surface area contributed by atoms with E-state index in [1.165, 1.54) is 24.0 Å². The molecular formula is C20H21FN2O2. The molecule has 4 nitrogen and oxygen atoms in total. The fraction of sp³-hybridized carbons (Fsp3) is 0.300. The summed E-state index contributed by atoms with van der Waals surface area (Å²) < 4.78 is 13.0. The van der Waals surface area contributed by atoms with Gasteiger partial charge in [0.1, 0.15) is 12.4 Å². The first-order valence-electron chi connectivity index (χ1n) is 8.35. The van der Waals surface area contributed by atoms with Crippen molar-refractivity contribution >= 4 is 17.5 Å². The third kappa shape index (κ3) is 3.71. The number of halogens is 1. The lowest BCUT2D eigenvalue weighted by Crippen LogP contribution is -2.44. The van der Waals surface area contributed by atoms with Crippen molar-refractivity contribution in [2.75, 3.05) is 11.4 Å². The fourth-order valence-electron chi connectivity index (χ4n) is 3.27. The van der Waals surface area contributed by atoms with Gasteiger partial charge in [0.2, 0.25) is 11.8 Å². The summed E-state index contributed by atoms with van der Waals surface area (Å²) in [5.74, 6) is -0.607. The van der Waals surface area contributed by atoms with Gasteiger partial charge in [-0.1, -0.05) is 30.3 Å². The third-order valence-electron chi connectivity index (χ3n) is 4.53. The first-order valence-corrected chi connectivity index (χ1v) is 8.35. The Morgan fingerprint density at radius 2 is 1.84 bits per heavy atom. The molecule has 0 bridgehead atoms. The molecule has 2 amide bonds. The van der Waals surface area contributed by atoms with Gasteiger partial charge in [-0.2, -0.15) is 0 Å². The largest absolute Gasteiger partial charge is 0.329 e. The van der Waals surface area contributed by atoms with Gasteiger partial charge in [-0.15, -0.1) is 0 Å². The Labute approximate surface area is 146 Å². The summed E-state index contributed by atoms with van der Waals surface area (Å²) in [6.07, 6.45) is 0.819. The molecule has 0 saturated heterocycles. The number of carbonyl (C=O) groups excluding carboxylic acids is 2. The van der Waals surface area contributed by atoms with Crippen LogP contribution < -0.4 is 4.90 Å². The minimum absolute atomic E-state index is 0.00534. The average Bonchev–Trinajstić information content (AvgIpc) is 2.91. The van der Waals surface area contributed by atoms with Gasteiger partial charge in [-0.25, -0.2) is 4.39 Å². The standard InChI is InChI=1S/C20H21FN2O2/c1-14-11-17-5-3-4-6-19(17)23(14)20(25)13-22(15(2)24)12-16-7-9-18(21)10-8-16/h3-10,14H,11-13H2,1-2H3. The molecule has 130 valence electrons. The molecule has 0 saturated carbocycles. The normalized spacial score (nSPS) is 15.8. The highest BCUT2D eigenvalue weighted by Gasteiger charge is 2.31. The number of rotatable bonds is 4. The van der Waals surface area contributed by atoms with Crippen molar-refractivity contribution in [3.05, 3.63) is 65.5 Å². The van der Waals surface area contributed by atoms with E-state index in [9.17, 15) is 14.0 Å². The van der Waals surface area contributed by atoms with Crippen LogP contribution in [0.15, 0.2) is 48.5 Å². The summed E-state index contributed by atoms with van der Waals surface area (Å²) in [6, 6.07) is 13.9. The van der Waals surface area contributed by atoms with E-state index in [1.807, 2.05) is 31.2 Å². The average molecular weight is 340 g/mol. The molecule has 1 aliphatic rings. The minimum atomic E-state index is -0.323. The van der Waals surface area contributed by atoms with Crippen molar-refractivity contribution in [2.24, 2.45) is 0 Å². The van der Waals surface area contributed by atoms with Crippen LogP contribution in [0.2, 0.25) is 0 Å². The smallest absolute Gasteiger partial charge is 0.246 e. The van der Waals surface area contributed by atoms with Crippen molar-refractivity contribution in [3.63, 3.8) is 0 Å². The van der Waals surface area contributed by atoms with Crippen molar-refractivity contribution in [2.45, 2.75) is 32.9 Å². The topological polar surface area (TPSA) is 40.6 Å². The fourth-order valence-corrected chi connectivity index (χ4v) is 3.27. The summed E-state index contributed by atoms with van der Waals surface area (Å²) in [4.78, 5) is 28.1. The Kier molecular flexibility index (Phi) is 4.83. The van der Waals surface area contributed by atoms with Crippen LogP contribution in [0.3, 0.4) is 0 Å². The quantitative estimate of drug-likeness (QED) is 0.858. The van der Waals surface area contributed by atoms with E-state index in [4.69, 9.17) is 0 Å². The van der Waals surface area contributed by atoms with Gasteiger partial charge in [0.05, 0.1) is 0 Å². The maximum atomic E-state index is 13.0. The molecule has 1 atom stereocenters. The predicted molar refractivity (Wildman–Crippen MR) is 94.6 cm³/mol. The van der Waals surface area contributed by atoms with Crippen LogP contribution in [0.25, 0.3) is 0 Å². The molecule has 0 spiro atoms. The van der Waals surface area contributed by atoms with Crippen LogP contribution in [0.1, 0.15) is 25.0 Å². The van der Waals surface area contributed by atoms with Crippen molar-refractivity contribution < 1.29 is 14.0 Å². The summed E-state index contributed by atoms with van der Waals surface area (Å²) in [5.41, 5.74) is 2.86. The molecule has 0 radical (unpaired) electrons. The zero-order valence-corrected chi connectivity index (χ0v) is 14.4. The second kappa shape index (κ2) is 7.05. The first kappa shape index (κ1) is 17.1. The van der Waals surface area contributed by atoms with E-state index in [1.54, 1.807) is 17.0 Å². The summed E-state index contributed by atoms with van der Waals surface area (Å²) in [5, 5.41) is 0. The Hall–Kier alpha value is -2.69. The monoisotopic (exact) mass is 340 g/mol. The molecule has 0 aliphatic carbocycles. The maximum absolute atomic E-state index is 13.0. The zero-order chi connectivity index (χ0) is 18.0.